The van der Waals surface area contributed by atoms with E-state index in [2.05, 4.69) is 18.0 Å². The summed E-state index contributed by atoms with van der Waals surface area (Å²) in [5.41, 5.74) is 1.28. The van der Waals surface area contributed by atoms with Crippen molar-refractivity contribution in [1.29, 1.82) is 0 Å². The third kappa shape index (κ3) is 3.04. The number of rotatable bonds is 5. The van der Waals surface area contributed by atoms with Crippen molar-refractivity contribution in [3.8, 4) is 0 Å². The van der Waals surface area contributed by atoms with E-state index < -0.39 is 8.80 Å². The summed E-state index contributed by atoms with van der Waals surface area (Å²) in [5, 5.41) is 0. The number of allylic oxidation sites excluding steroid dienone is 2. The van der Waals surface area contributed by atoms with Crippen molar-refractivity contribution in [2.75, 3.05) is 34.9 Å². The van der Waals surface area contributed by atoms with Gasteiger partial charge in [0.05, 0.1) is 6.04 Å². The molecule has 4 nitrogen and oxygen atoms in total. The lowest BCUT2D eigenvalue weighted by Gasteiger charge is -2.32. The zero-order valence-electron chi connectivity index (χ0n) is 10.1. The maximum absolute atomic E-state index is 5.41. The predicted octanol–water partition coefficient (Wildman–Crippen LogP) is 1.47. The molecule has 1 aliphatic rings. The Labute approximate surface area is 93.2 Å². The van der Waals surface area contributed by atoms with Crippen molar-refractivity contribution in [3.05, 3.63) is 11.8 Å². The molecule has 0 fully saturated rings. The molecule has 0 atom stereocenters. The summed E-state index contributed by atoms with van der Waals surface area (Å²) in [4.78, 5) is 2.25. The maximum atomic E-state index is 5.41. The normalized spacial score (nSPS) is 17.9. The second-order valence-electron chi connectivity index (χ2n) is 3.73. The van der Waals surface area contributed by atoms with Crippen LogP contribution >= 0.6 is 0 Å². The fourth-order valence-electron chi connectivity index (χ4n) is 1.79. The molecule has 0 saturated heterocycles. The van der Waals surface area contributed by atoms with Crippen LogP contribution in [0.3, 0.4) is 0 Å². The van der Waals surface area contributed by atoms with Crippen LogP contribution in [0.2, 0.25) is 6.04 Å². The van der Waals surface area contributed by atoms with Gasteiger partial charge in [0.25, 0.3) is 0 Å². The van der Waals surface area contributed by atoms with Gasteiger partial charge >= 0.3 is 8.80 Å². The molecule has 0 saturated carbocycles. The third-order valence-corrected chi connectivity index (χ3v) is 5.56. The molecule has 1 heterocycles. The fraction of sp³-hybridized carbons (Fsp3) is 0.800. The van der Waals surface area contributed by atoms with E-state index >= 15 is 0 Å². The lowest BCUT2D eigenvalue weighted by Crippen LogP contribution is -2.44. The molecule has 5 heteroatoms. The van der Waals surface area contributed by atoms with Crippen LogP contribution in [0.15, 0.2) is 11.8 Å². The van der Waals surface area contributed by atoms with Gasteiger partial charge in [-0.25, -0.2) is 0 Å². The van der Waals surface area contributed by atoms with Gasteiger partial charge in [-0.3, -0.25) is 0 Å². The molecule has 0 amide bonds. The Morgan fingerprint density at radius 3 is 2.33 bits per heavy atom. The molecule has 88 valence electrons. The Bertz CT molecular complexity index is 220. The van der Waals surface area contributed by atoms with E-state index in [0.29, 0.717) is 0 Å². The molecule has 0 bridgehead atoms. The smallest absolute Gasteiger partial charge is 0.378 e. The van der Waals surface area contributed by atoms with Crippen molar-refractivity contribution in [2.24, 2.45) is 0 Å². The van der Waals surface area contributed by atoms with Crippen LogP contribution in [0, 0.1) is 0 Å². The monoisotopic (exact) mass is 231 g/mol. The molecule has 0 aromatic rings. The average molecular weight is 231 g/mol. The summed E-state index contributed by atoms with van der Waals surface area (Å²) in [5.74, 6) is 0. The standard InChI is InChI=1S/C10H21NO3Si/c1-11-8-6-5-7-10(11)9-15(12-2,13-3)14-4/h7H,5-6,8-9H2,1-4H3. The quantitative estimate of drug-likeness (QED) is 0.671. The van der Waals surface area contributed by atoms with Gasteiger partial charge in [-0.15, -0.1) is 0 Å². The second-order valence-corrected chi connectivity index (χ2v) is 6.68. The number of hydrogen-bond acceptors (Lipinski definition) is 4. The van der Waals surface area contributed by atoms with E-state index in [4.69, 9.17) is 13.3 Å². The Hall–Kier alpha value is -0.363. The fourth-order valence-corrected chi connectivity index (χ4v) is 3.58. The minimum Gasteiger partial charge on any atom is -0.378 e. The molecular formula is C10H21NO3Si. The summed E-state index contributed by atoms with van der Waals surface area (Å²) in [6.07, 6.45) is 4.62. The molecule has 1 aliphatic heterocycles. The van der Waals surface area contributed by atoms with Crippen molar-refractivity contribution in [3.63, 3.8) is 0 Å². The van der Waals surface area contributed by atoms with E-state index in [1.165, 1.54) is 12.1 Å². The number of nitrogens with zero attached hydrogens (tertiary/aromatic N) is 1. The SMILES string of the molecule is CO[Si](CC1=CCCCN1C)(OC)OC. The van der Waals surface area contributed by atoms with Gasteiger partial charge in [0.1, 0.15) is 0 Å². The van der Waals surface area contributed by atoms with Gasteiger partial charge in [0.2, 0.25) is 0 Å². The summed E-state index contributed by atoms with van der Waals surface area (Å²) in [6, 6.07) is 0.757. The lowest BCUT2D eigenvalue weighted by atomic mass is 10.2. The largest absolute Gasteiger partial charge is 0.506 e. The van der Waals surface area contributed by atoms with E-state index in [0.717, 1.165) is 19.0 Å². The van der Waals surface area contributed by atoms with Crippen LogP contribution in [0.5, 0.6) is 0 Å². The first-order valence-corrected chi connectivity index (χ1v) is 7.16. The van der Waals surface area contributed by atoms with Crippen molar-refractivity contribution >= 4 is 8.80 Å². The molecule has 15 heavy (non-hydrogen) atoms. The molecule has 0 aromatic carbocycles. The topological polar surface area (TPSA) is 30.9 Å². The van der Waals surface area contributed by atoms with E-state index in [1.54, 1.807) is 21.3 Å². The molecule has 0 N–H and O–H groups in total. The minimum absolute atomic E-state index is 0.757. The van der Waals surface area contributed by atoms with Crippen LogP contribution < -0.4 is 0 Å². The first-order chi connectivity index (χ1) is 7.17. The molecule has 0 aromatic heterocycles. The van der Waals surface area contributed by atoms with Crippen LogP contribution in [-0.4, -0.2) is 48.6 Å². The zero-order valence-corrected chi connectivity index (χ0v) is 11.1. The number of hydrogen-bond donors (Lipinski definition) is 0. The third-order valence-electron chi connectivity index (χ3n) is 2.90. The summed E-state index contributed by atoms with van der Waals surface area (Å²) >= 11 is 0. The van der Waals surface area contributed by atoms with Crippen LogP contribution in [0.4, 0.5) is 0 Å². The van der Waals surface area contributed by atoms with E-state index in [1.807, 2.05) is 0 Å². The molecule has 0 unspecified atom stereocenters. The highest BCUT2D eigenvalue weighted by Gasteiger charge is 2.39. The van der Waals surface area contributed by atoms with Gasteiger partial charge in [-0.05, 0) is 12.8 Å². The van der Waals surface area contributed by atoms with E-state index in [-0.39, 0.29) is 0 Å². The summed E-state index contributed by atoms with van der Waals surface area (Å²) in [6.45, 7) is 1.10. The van der Waals surface area contributed by atoms with Gasteiger partial charge in [-0.1, -0.05) is 6.08 Å². The first-order valence-electron chi connectivity index (χ1n) is 5.23. The Balaban J connectivity index is 2.68. The molecule has 0 spiro atoms. The highest BCUT2D eigenvalue weighted by Crippen LogP contribution is 2.24. The van der Waals surface area contributed by atoms with Gasteiger partial charge < -0.3 is 18.2 Å². The lowest BCUT2D eigenvalue weighted by molar-refractivity contribution is 0.123. The van der Waals surface area contributed by atoms with Crippen LogP contribution in [0.1, 0.15) is 12.8 Å². The van der Waals surface area contributed by atoms with E-state index in [9.17, 15) is 0 Å². The Kier molecular flexibility index (Phi) is 4.78. The van der Waals surface area contributed by atoms with Crippen molar-refractivity contribution < 1.29 is 13.3 Å². The highest BCUT2D eigenvalue weighted by molar-refractivity contribution is 6.61. The zero-order chi connectivity index (χ0) is 11.3. The minimum atomic E-state index is -2.46. The van der Waals surface area contributed by atoms with Gasteiger partial charge in [0.15, 0.2) is 0 Å². The van der Waals surface area contributed by atoms with Crippen LogP contribution in [0.25, 0.3) is 0 Å². The Morgan fingerprint density at radius 2 is 1.87 bits per heavy atom. The van der Waals surface area contributed by atoms with Crippen molar-refractivity contribution in [1.82, 2.24) is 4.90 Å². The molecule has 1 rings (SSSR count). The molecular weight excluding hydrogens is 210 g/mol. The maximum Gasteiger partial charge on any atom is 0.506 e. The molecule has 0 radical (unpaired) electrons. The van der Waals surface area contributed by atoms with Crippen LogP contribution in [-0.2, 0) is 13.3 Å². The average Bonchev–Trinajstić information content (AvgIpc) is 2.29. The van der Waals surface area contributed by atoms with Gasteiger partial charge in [-0.2, -0.15) is 0 Å². The second kappa shape index (κ2) is 5.65. The van der Waals surface area contributed by atoms with Crippen molar-refractivity contribution in [2.45, 2.75) is 18.9 Å². The summed E-state index contributed by atoms with van der Waals surface area (Å²) < 4.78 is 16.2. The predicted molar refractivity (Wildman–Crippen MR) is 61.5 cm³/mol. The van der Waals surface area contributed by atoms with Gasteiger partial charge in [0, 0.05) is 40.6 Å². The summed E-state index contributed by atoms with van der Waals surface area (Å²) in [7, 11) is 4.61. The first kappa shape index (κ1) is 12.7. The Morgan fingerprint density at radius 1 is 1.27 bits per heavy atom. The highest BCUT2D eigenvalue weighted by atomic mass is 28.4. The molecule has 0 aliphatic carbocycles.